The average Bonchev–Trinajstić information content (AvgIpc) is 2.90. The number of aliphatic hydroxyl groups is 1. The van der Waals surface area contributed by atoms with E-state index in [0.717, 1.165) is 63.2 Å². The fraction of sp³-hybridized carbons (Fsp3) is 0.586. The molecule has 1 aromatic heterocycles. The Hall–Kier alpha value is -2.85. The standard InChI is InChI=1S/C29H39N5O4S/c1-3-39(37,38)32-23-7-9-24(10-8-23)33-11-12-34(19(2)18-33)26-6-4-5-25(30-26)28(35)31-27-21-13-20-14-22(27)17-29(36,15-20)16-21/h4-10,19-22,27,32,36H,3,11-18H2,1-2H3,(H,31,35)/t19-,20?,21?,22?,27?,29?/m1/s1. The molecule has 1 amide bonds. The number of carbonyl (C=O) groups excluding carboxylic acids is 1. The summed E-state index contributed by atoms with van der Waals surface area (Å²) >= 11 is 0. The van der Waals surface area contributed by atoms with Crippen LogP contribution in [0.4, 0.5) is 17.2 Å². The van der Waals surface area contributed by atoms with Gasteiger partial charge in [0.25, 0.3) is 5.91 Å². The zero-order valence-electron chi connectivity index (χ0n) is 22.7. The molecule has 3 N–H and O–H groups in total. The van der Waals surface area contributed by atoms with Gasteiger partial charge < -0.3 is 20.2 Å². The summed E-state index contributed by atoms with van der Waals surface area (Å²) in [5, 5.41) is 14.2. The number of benzene rings is 1. The Balaban J connectivity index is 1.09. The highest BCUT2D eigenvalue weighted by molar-refractivity contribution is 7.92. The Morgan fingerprint density at radius 3 is 2.44 bits per heavy atom. The van der Waals surface area contributed by atoms with E-state index in [2.05, 4.69) is 26.8 Å². The zero-order chi connectivity index (χ0) is 27.4. The Morgan fingerprint density at radius 2 is 1.79 bits per heavy atom. The van der Waals surface area contributed by atoms with Crippen LogP contribution in [0.2, 0.25) is 0 Å². The maximum atomic E-state index is 13.3. The molecule has 7 rings (SSSR count). The fourth-order valence-corrected chi connectivity index (χ4v) is 8.32. The van der Waals surface area contributed by atoms with Gasteiger partial charge in [0.1, 0.15) is 11.5 Å². The number of sulfonamides is 1. The van der Waals surface area contributed by atoms with Crippen molar-refractivity contribution in [3.63, 3.8) is 0 Å². The third kappa shape index (κ3) is 5.33. The number of aromatic nitrogens is 1. The Labute approximate surface area is 231 Å². The van der Waals surface area contributed by atoms with Crippen molar-refractivity contribution in [2.24, 2.45) is 17.8 Å². The van der Waals surface area contributed by atoms with E-state index < -0.39 is 15.6 Å². The minimum absolute atomic E-state index is 0.0392. The lowest BCUT2D eigenvalue weighted by Crippen LogP contribution is -2.61. The number of anilines is 3. The third-order valence-electron chi connectivity index (χ3n) is 9.31. The lowest BCUT2D eigenvalue weighted by molar-refractivity contribution is -0.136. The molecule has 5 aliphatic rings. The van der Waals surface area contributed by atoms with E-state index >= 15 is 0 Å². The Morgan fingerprint density at radius 1 is 1.08 bits per heavy atom. The van der Waals surface area contributed by atoms with Crippen LogP contribution in [0.1, 0.15) is 56.4 Å². The molecule has 210 valence electrons. The van der Waals surface area contributed by atoms with E-state index in [1.165, 1.54) is 0 Å². The monoisotopic (exact) mass is 553 g/mol. The number of hydrogen-bond acceptors (Lipinski definition) is 7. The van der Waals surface area contributed by atoms with Crippen LogP contribution in [-0.2, 0) is 10.0 Å². The average molecular weight is 554 g/mol. The summed E-state index contributed by atoms with van der Waals surface area (Å²) in [5.41, 5.74) is 1.54. The molecule has 0 spiro atoms. The second-order valence-corrected chi connectivity index (χ2v) is 14.1. The first-order valence-electron chi connectivity index (χ1n) is 14.2. The molecular weight excluding hydrogens is 514 g/mol. The molecule has 4 saturated carbocycles. The molecule has 2 aromatic rings. The second-order valence-electron chi connectivity index (χ2n) is 12.1. The first-order chi connectivity index (χ1) is 18.6. The summed E-state index contributed by atoms with van der Waals surface area (Å²) in [4.78, 5) is 22.6. The smallest absolute Gasteiger partial charge is 0.270 e. The number of nitrogens with zero attached hydrogens (tertiary/aromatic N) is 3. The lowest BCUT2D eigenvalue weighted by atomic mass is 9.52. The maximum Gasteiger partial charge on any atom is 0.270 e. The van der Waals surface area contributed by atoms with Crippen LogP contribution in [0.3, 0.4) is 0 Å². The lowest BCUT2D eigenvalue weighted by Gasteiger charge is -2.58. The molecule has 10 heteroatoms. The SMILES string of the molecule is CCS(=O)(=O)Nc1ccc(N2CCN(c3cccc(C(=O)NC4C5CC6CC4CC(O)(C6)C5)n3)[C@H](C)C2)cc1. The molecule has 2 unspecified atom stereocenters. The van der Waals surface area contributed by atoms with Crippen LogP contribution >= 0.6 is 0 Å². The molecule has 2 heterocycles. The van der Waals surface area contributed by atoms with Gasteiger partial charge in [-0.2, -0.15) is 0 Å². The molecule has 3 atom stereocenters. The van der Waals surface area contributed by atoms with E-state index in [1.807, 2.05) is 24.3 Å². The quantitative estimate of drug-likeness (QED) is 0.482. The van der Waals surface area contributed by atoms with Crippen molar-refractivity contribution >= 4 is 33.1 Å². The molecule has 9 nitrogen and oxygen atoms in total. The summed E-state index contributed by atoms with van der Waals surface area (Å²) in [7, 11) is -3.30. The van der Waals surface area contributed by atoms with Gasteiger partial charge in [0.05, 0.1) is 11.4 Å². The van der Waals surface area contributed by atoms with Gasteiger partial charge in [-0.05, 0) is 100 Å². The molecule has 1 aromatic carbocycles. The van der Waals surface area contributed by atoms with Crippen LogP contribution in [-0.4, -0.2) is 67.5 Å². The summed E-state index contributed by atoms with van der Waals surface area (Å²) < 4.78 is 26.3. The van der Waals surface area contributed by atoms with Gasteiger partial charge in [0.15, 0.2) is 0 Å². The first kappa shape index (κ1) is 26.4. The van der Waals surface area contributed by atoms with Crippen LogP contribution in [0.15, 0.2) is 42.5 Å². The molecule has 0 radical (unpaired) electrons. The van der Waals surface area contributed by atoms with Crippen molar-refractivity contribution < 1.29 is 18.3 Å². The Kier molecular flexibility index (Phi) is 6.74. The largest absolute Gasteiger partial charge is 0.390 e. The number of hydrogen-bond donors (Lipinski definition) is 3. The number of carbonyl (C=O) groups is 1. The maximum absolute atomic E-state index is 13.3. The van der Waals surface area contributed by atoms with Crippen molar-refractivity contribution in [2.45, 2.75) is 63.6 Å². The highest BCUT2D eigenvalue weighted by atomic mass is 32.2. The summed E-state index contributed by atoms with van der Waals surface area (Å²) in [5.74, 6) is 2.06. The van der Waals surface area contributed by atoms with E-state index in [4.69, 9.17) is 4.98 Å². The van der Waals surface area contributed by atoms with Crippen molar-refractivity contribution in [3.05, 3.63) is 48.2 Å². The summed E-state index contributed by atoms with van der Waals surface area (Å²) in [6.45, 7) is 6.11. The van der Waals surface area contributed by atoms with Gasteiger partial charge >= 0.3 is 0 Å². The van der Waals surface area contributed by atoms with Crippen LogP contribution in [0.25, 0.3) is 0 Å². The molecule has 1 aliphatic heterocycles. The van der Waals surface area contributed by atoms with Crippen LogP contribution in [0.5, 0.6) is 0 Å². The van der Waals surface area contributed by atoms with Gasteiger partial charge in [0, 0.05) is 43.1 Å². The number of nitrogens with one attached hydrogen (secondary N) is 2. The second kappa shape index (κ2) is 9.96. The zero-order valence-corrected chi connectivity index (χ0v) is 23.5. The minimum Gasteiger partial charge on any atom is -0.390 e. The van der Waals surface area contributed by atoms with Crippen molar-refractivity contribution in [1.82, 2.24) is 10.3 Å². The van der Waals surface area contributed by atoms with E-state index in [-0.39, 0.29) is 23.7 Å². The van der Waals surface area contributed by atoms with Crippen molar-refractivity contribution in [1.29, 1.82) is 0 Å². The van der Waals surface area contributed by atoms with Crippen molar-refractivity contribution in [3.8, 4) is 0 Å². The van der Waals surface area contributed by atoms with E-state index in [0.29, 0.717) is 29.1 Å². The van der Waals surface area contributed by atoms with Crippen LogP contribution in [0, 0.1) is 17.8 Å². The topological polar surface area (TPSA) is 115 Å². The van der Waals surface area contributed by atoms with Gasteiger partial charge in [-0.3, -0.25) is 9.52 Å². The summed E-state index contributed by atoms with van der Waals surface area (Å²) in [6.07, 6.45) is 4.75. The molecule has 39 heavy (non-hydrogen) atoms. The first-order valence-corrected chi connectivity index (χ1v) is 15.9. The summed E-state index contributed by atoms with van der Waals surface area (Å²) in [6, 6.07) is 13.5. The molecule has 5 fully saturated rings. The predicted octanol–water partition coefficient (Wildman–Crippen LogP) is 3.23. The van der Waals surface area contributed by atoms with E-state index in [9.17, 15) is 18.3 Å². The highest BCUT2D eigenvalue weighted by Gasteiger charge is 2.55. The number of piperazine rings is 1. The van der Waals surface area contributed by atoms with Crippen LogP contribution < -0.4 is 19.8 Å². The number of rotatable bonds is 7. The normalized spacial score (nSPS) is 31.8. The van der Waals surface area contributed by atoms with E-state index in [1.54, 1.807) is 25.1 Å². The minimum atomic E-state index is -3.30. The number of amides is 1. The van der Waals surface area contributed by atoms with Gasteiger partial charge in [-0.15, -0.1) is 0 Å². The molecule has 4 aliphatic carbocycles. The third-order valence-corrected chi connectivity index (χ3v) is 10.6. The molecule has 1 saturated heterocycles. The predicted molar refractivity (Wildman–Crippen MR) is 153 cm³/mol. The highest BCUT2D eigenvalue weighted by Crippen LogP contribution is 2.55. The van der Waals surface area contributed by atoms with Crippen molar-refractivity contribution in [2.75, 3.05) is 39.9 Å². The van der Waals surface area contributed by atoms with Gasteiger partial charge in [0.2, 0.25) is 10.0 Å². The van der Waals surface area contributed by atoms with Gasteiger partial charge in [-0.1, -0.05) is 6.07 Å². The fourth-order valence-electron chi connectivity index (χ4n) is 7.68. The molecular formula is C29H39N5O4S. The van der Waals surface area contributed by atoms with Gasteiger partial charge in [-0.25, -0.2) is 13.4 Å². The Bertz CT molecular complexity index is 1320. The number of pyridine rings is 1. The molecule has 4 bridgehead atoms.